The van der Waals surface area contributed by atoms with Gasteiger partial charge in [0.1, 0.15) is 0 Å². The molecule has 4 rings (SSSR count). The van der Waals surface area contributed by atoms with E-state index in [1.165, 1.54) is 0 Å². The lowest BCUT2D eigenvalue weighted by molar-refractivity contribution is 0.102. The van der Waals surface area contributed by atoms with Gasteiger partial charge in [0.2, 0.25) is 0 Å². The van der Waals surface area contributed by atoms with Crippen molar-refractivity contribution in [3.8, 4) is 0 Å². The van der Waals surface area contributed by atoms with Gasteiger partial charge in [0.05, 0.1) is 17.3 Å². The van der Waals surface area contributed by atoms with E-state index >= 15 is 0 Å². The van der Waals surface area contributed by atoms with E-state index < -0.39 is 0 Å². The summed E-state index contributed by atoms with van der Waals surface area (Å²) in [4.78, 5) is 13.5. The van der Waals surface area contributed by atoms with Crippen molar-refractivity contribution in [1.29, 1.82) is 0 Å². The lowest BCUT2D eigenvalue weighted by Gasteiger charge is -2.31. The summed E-state index contributed by atoms with van der Waals surface area (Å²) in [7, 11) is 0. The summed E-state index contributed by atoms with van der Waals surface area (Å²) in [5, 5.41) is 6.99. The Bertz CT molecular complexity index is 998. The van der Waals surface area contributed by atoms with Gasteiger partial charge in [-0.15, -0.1) is 0 Å². The van der Waals surface area contributed by atoms with Crippen LogP contribution in [-0.4, -0.2) is 10.9 Å². The van der Waals surface area contributed by atoms with E-state index in [-0.39, 0.29) is 11.8 Å². The van der Waals surface area contributed by atoms with Gasteiger partial charge in [0.15, 0.2) is 10.9 Å². The first-order chi connectivity index (χ1) is 13.2. The van der Waals surface area contributed by atoms with Crippen LogP contribution in [0.2, 0.25) is 0 Å². The summed E-state index contributed by atoms with van der Waals surface area (Å²) in [6.07, 6.45) is 0. The Kier molecular flexibility index (Phi) is 4.81. The fraction of sp³-hybridized carbons (Fsp3) is 0.0435. The smallest absolute Gasteiger partial charge is 0.193 e. The highest BCUT2D eigenvalue weighted by molar-refractivity contribution is 7.80. The van der Waals surface area contributed by atoms with Crippen molar-refractivity contribution < 1.29 is 4.79 Å². The van der Waals surface area contributed by atoms with Crippen LogP contribution < -0.4 is 10.6 Å². The van der Waals surface area contributed by atoms with Crippen LogP contribution in [0.3, 0.4) is 0 Å². The van der Waals surface area contributed by atoms with E-state index in [0.29, 0.717) is 16.2 Å². The summed E-state index contributed by atoms with van der Waals surface area (Å²) < 4.78 is 0. The maximum absolute atomic E-state index is 13.5. The number of thiocarbonyl (C=S) groups is 1. The minimum absolute atomic E-state index is 0.0224. The molecule has 132 valence electrons. The second kappa shape index (κ2) is 7.56. The van der Waals surface area contributed by atoms with E-state index in [9.17, 15) is 4.79 Å². The number of carbonyl (C=O) groups excluding carboxylic acids is 1. The van der Waals surface area contributed by atoms with E-state index in [0.717, 1.165) is 16.8 Å². The zero-order chi connectivity index (χ0) is 18.6. The second-order valence-corrected chi connectivity index (χ2v) is 6.70. The Morgan fingerprint density at radius 2 is 1.33 bits per heavy atom. The zero-order valence-corrected chi connectivity index (χ0v) is 15.4. The Balaban J connectivity index is 1.93. The molecule has 3 aromatic rings. The van der Waals surface area contributed by atoms with E-state index in [2.05, 4.69) is 10.6 Å². The quantitative estimate of drug-likeness (QED) is 0.524. The molecule has 1 aliphatic rings. The standard InChI is InChI=1S/C23H18N2OS/c26-22(18-14-8-3-9-15-18)19-20(16-10-4-1-5-11-16)24-23(27)25-21(19)17-12-6-2-7-13-17/h1-15,20H,(H2,24,25,27)/t20-/m1/s1. The molecule has 0 aromatic heterocycles. The van der Waals surface area contributed by atoms with Gasteiger partial charge in [-0.3, -0.25) is 4.79 Å². The molecular weight excluding hydrogens is 352 g/mol. The second-order valence-electron chi connectivity index (χ2n) is 6.29. The highest BCUT2D eigenvalue weighted by atomic mass is 32.1. The average molecular weight is 370 g/mol. The molecule has 0 aliphatic carbocycles. The summed E-state index contributed by atoms with van der Waals surface area (Å²) in [5.74, 6) is -0.0224. The number of rotatable bonds is 4. The average Bonchev–Trinajstić information content (AvgIpc) is 2.74. The largest absolute Gasteiger partial charge is 0.351 e. The van der Waals surface area contributed by atoms with Crippen molar-refractivity contribution in [2.24, 2.45) is 0 Å². The third-order valence-corrected chi connectivity index (χ3v) is 4.77. The molecule has 3 aromatic carbocycles. The van der Waals surface area contributed by atoms with Crippen molar-refractivity contribution >= 4 is 28.8 Å². The van der Waals surface area contributed by atoms with Crippen LogP contribution in [0.5, 0.6) is 0 Å². The lowest BCUT2D eigenvalue weighted by atomic mass is 9.87. The number of carbonyl (C=O) groups is 1. The van der Waals surface area contributed by atoms with Crippen molar-refractivity contribution in [2.75, 3.05) is 0 Å². The van der Waals surface area contributed by atoms with Gasteiger partial charge in [-0.1, -0.05) is 91.0 Å². The fourth-order valence-electron chi connectivity index (χ4n) is 3.28. The van der Waals surface area contributed by atoms with Gasteiger partial charge < -0.3 is 10.6 Å². The fourth-order valence-corrected chi connectivity index (χ4v) is 3.50. The van der Waals surface area contributed by atoms with Crippen LogP contribution in [0.25, 0.3) is 5.70 Å². The van der Waals surface area contributed by atoms with E-state index in [1.54, 1.807) is 0 Å². The normalized spacial score (nSPS) is 16.4. The van der Waals surface area contributed by atoms with Crippen molar-refractivity contribution in [3.63, 3.8) is 0 Å². The predicted molar refractivity (Wildman–Crippen MR) is 112 cm³/mol. The highest BCUT2D eigenvalue weighted by Gasteiger charge is 2.32. The molecule has 0 unspecified atom stereocenters. The van der Waals surface area contributed by atoms with Crippen molar-refractivity contribution in [3.05, 3.63) is 113 Å². The molecule has 27 heavy (non-hydrogen) atoms. The van der Waals surface area contributed by atoms with Crippen LogP contribution in [-0.2, 0) is 0 Å². The molecule has 0 bridgehead atoms. The summed E-state index contributed by atoms with van der Waals surface area (Å²) in [6, 6.07) is 28.8. The third kappa shape index (κ3) is 3.52. The Labute approximate surface area is 163 Å². The first-order valence-electron chi connectivity index (χ1n) is 8.76. The topological polar surface area (TPSA) is 41.1 Å². The molecule has 0 saturated heterocycles. The molecule has 2 N–H and O–H groups in total. The molecule has 0 fully saturated rings. The van der Waals surface area contributed by atoms with Crippen molar-refractivity contribution in [1.82, 2.24) is 10.6 Å². The number of benzene rings is 3. The van der Waals surface area contributed by atoms with Crippen LogP contribution in [0, 0.1) is 0 Å². The molecule has 4 heteroatoms. The number of nitrogens with one attached hydrogen (secondary N) is 2. The summed E-state index contributed by atoms with van der Waals surface area (Å²) >= 11 is 5.45. The minimum atomic E-state index is -0.317. The number of ketones is 1. The van der Waals surface area contributed by atoms with Crippen LogP contribution in [0.4, 0.5) is 0 Å². The van der Waals surface area contributed by atoms with E-state index in [4.69, 9.17) is 12.2 Å². The maximum Gasteiger partial charge on any atom is 0.193 e. The number of hydrogen-bond acceptors (Lipinski definition) is 2. The summed E-state index contributed by atoms with van der Waals surface area (Å²) in [5.41, 5.74) is 3.99. The first kappa shape index (κ1) is 17.2. The van der Waals surface area contributed by atoms with Crippen LogP contribution in [0.15, 0.2) is 96.6 Å². The van der Waals surface area contributed by atoms with Gasteiger partial charge in [0.25, 0.3) is 0 Å². The highest BCUT2D eigenvalue weighted by Crippen LogP contribution is 2.33. The maximum atomic E-state index is 13.5. The monoisotopic (exact) mass is 370 g/mol. The van der Waals surface area contributed by atoms with Crippen molar-refractivity contribution in [2.45, 2.75) is 6.04 Å². The molecule has 1 aliphatic heterocycles. The lowest BCUT2D eigenvalue weighted by Crippen LogP contribution is -2.44. The molecule has 0 radical (unpaired) electrons. The predicted octanol–water partition coefficient (Wildman–Crippen LogP) is 4.50. The molecule has 0 saturated carbocycles. The SMILES string of the molecule is O=C(C1=C(c2ccccc2)NC(=S)N[C@@H]1c1ccccc1)c1ccccc1. The summed E-state index contributed by atoms with van der Waals surface area (Å²) in [6.45, 7) is 0. The van der Waals surface area contributed by atoms with Gasteiger partial charge in [-0.05, 0) is 23.3 Å². The van der Waals surface area contributed by atoms with Crippen LogP contribution >= 0.6 is 12.2 Å². The van der Waals surface area contributed by atoms with Gasteiger partial charge in [-0.2, -0.15) is 0 Å². The molecule has 1 heterocycles. The van der Waals surface area contributed by atoms with Crippen LogP contribution in [0.1, 0.15) is 27.5 Å². The molecule has 0 amide bonds. The number of hydrogen-bond donors (Lipinski definition) is 2. The Morgan fingerprint density at radius 1 is 0.778 bits per heavy atom. The minimum Gasteiger partial charge on any atom is -0.351 e. The third-order valence-electron chi connectivity index (χ3n) is 4.55. The molecule has 3 nitrogen and oxygen atoms in total. The Hall–Kier alpha value is -3.24. The van der Waals surface area contributed by atoms with Gasteiger partial charge in [0, 0.05) is 5.56 Å². The van der Waals surface area contributed by atoms with Gasteiger partial charge in [-0.25, -0.2) is 0 Å². The zero-order valence-electron chi connectivity index (χ0n) is 14.6. The molecule has 0 spiro atoms. The molecule has 1 atom stereocenters. The Morgan fingerprint density at radius 3 is 1.96 bits per heavy atom. The number of Topliss-reactive ketones (excluding diaryl/α,β-unsaturated/α-hetero) is 1. The van der Waals surface area contributed by atoms with Gasteiger partial charge >= 0.3 is 0 Å². The first-order valence-corrected chi connectivity index (χ1v) is 9.16. The van der Waals surface area contributed by atoms with E-state index in [1.807, 2.05) is 91.0 Å². The molecular formula is C23H18N2OS.